The van der Waals surface area contributed by atoms with E-state index in [9.17, 15) is 18.3 Å². The number of hydrogen-bond donors (Lipinski definition) is 2. The lowest BCUT2D eigenvalue weighted by molar-refractivity contribution is -0.272. The van der Waals surface area contributed by atoms with Gasteiger partial charge >= 0.3 is 6.18 Å². The molecule has 0 atom stereocenters. The normalized spacial score (nSPS) is 23.0. The summed E-state index contributed by atoms with van der Waals surface area (Å²) in [5.41, 5.74) is 2.83. The molecular weight excluding hydrogens is 209 g/mol. The molecule has 6 heteroatoms. The first-order valence-corrected chi connectivity index (χ1v) is 5.10. The molecule has 3 nitrogen and oxygen atoms in total. The van der Waals surface area contributed by atoms with Crippen LogP contribution >= 0.6 is 0 Å². The van der Waals surface area contributed by atoms with Crippen molar-refractivity contribution in [3.8, 4) is 0 Å². The monoisotopic (exact) mass is 226 g/mol. The van der Waals surface area contributed by atoms with Crippen LogP contribution in [0.15, 0.2) is 0 Å². The molecule has 0 amide bonds. The zero-order chi connectivity index (χ0) is 11.5. The Balaban J connectivity index is 2.41. The van der Waals surface area contributed by atoms with E-state index in [0.29, 0.717) is 13.1 Å². The molecule has 0 bridgehead atoms. The smallest absolute Gasteiger partial charge is 0.380 e. The zero-order valence-corrected chi connectivity index (χ0v) is 8.56. The molecule has 1 aliphatic rings. The van der Waals surface area contributed by atoms with Gasteiger partial charge in [-0.25, -0.2) is 0 Å². The number of nitrogens with two attached hydrogens (primary N) is 1. The van der Waals surface area contributed by atoms with Crippen molar-refractivity contribution >= 4 is 0 Å². The standard InChI is InChI=1S/C9H17F3N2O/c10-9(11,12)8(15)2-6-14(7-3-8)5-1-4-13/h15H,1-7,13H2. The van der Waals surface area contributed by atoms with Crippen LogP contribution < -0.4 is 5.73 Å². The minimum Gasteiger partial charge on any atom is -0.380 e. The fraction of sp³-hybridized carbons (Fsp3) is 1.00. The van der Waals surface area contributed by atoms with Crippen LogP contribution in [0.2, 0.25) is 0 Å². The van der Waals surface area contributed by atoms with Gasteiger partial charge in [0.25, 0.3) is 0 Å². The second-order valence-electron chi connectivity index (χ2n) is 4.01. The number of aliphatic hydroxyl groups is 1. The Morgan fingerprint density at radius 3 is 2.20 bits per heavy atom. The van der Waals surface area contributed by atoms with Gasteiger partial charge in [0, 0.05) is 13.1 Å². The largest absolute Gasteiger partial charge is 0.417 e. The first kappa shape index (κ1) is 12.7. The lowest BCUT2D eigenvalue weighted by Gasteiger charge is -2.39. The third-order valence-corrected chi connectivity index (χ3v) is 2.89. The van der Waals surface area contributed by atoms with Gasteiger partial charge in [0.2, 0.25) is 0 Å². The van der Waals surface area contributed by atoms with Gasteiger partial charge in [-0.05, 0) is 32.4 Å². The summed E-state index contributed by atoms with van der Waals surface area (Å²) in [5.74, 6) is 0. The molecule has 0 aliphatic carbocycles. The van der Waals surface area contributed by atoms with Gasteiger partial charge in [0.15, 0.2) is 5.60 Å². The number of halogens is 3. The molecule has 3 N–H and O–H groups in total. The summed E-state index contributed by atoms with van der Waals surface area (Å²) < 4.78 is 37.2. The highest BCUT2D eigenvalue weighted by Crippen LogP contribution is 2.38. The molecule has 1 aliphatic heterocycles. The van der Waals surface area contributed by atoms with Crippen molar-refractivity contribution in [3.63, 3.8) is 0 Å². The predicted molar refractivity (Wildman–Crippen MR) is 50.4 cm³/mol. The average Bonchev–Trinajstić information content (AvgIpc) is 2.15. The molecule has 0 saturated carbocycles. The molecule has 0 aromatic carbocycles. The van der Waals surface area contributed by atoms with Crippen molar-refractivity contribution in [2.75, 3.05) is 26.2 Å². The fourth-order valence-electron chi connectivity index (χ4n) is 1.74. The molecule has 1 saturated heterocycles. The van der Waals surface area contributed by atoms with E-state index in [1.54, 1.807) is 0 Å². The highest BCUT2D eigenvalue weighted by atomic mass is 19.4. The first-order valence-electron chi connectivity index (χ1n) is 5.10. The summed E-state index contributed by atoms with van der Waals surface area (Å²) >= 11 is 0. The van der Waals surface area contributed by atoms with E-state index in [4.69, 9.17) is 5.73 Å². The van der Waals surface area contributed by atoms with Crippen LogP contribution in [0.5, 0.6) is 0 Å². The predicted octanol–water partition coefficient (Wildman–Crippen LogP) is 0.724. The molecular formula is C9H17F3N2O. The van der Waals surface area contributed by atoms with Gasteiger partial charge in [-0.2, -0.15) is 13.2 Å². The van der Waals surface area contributed by atoms with Crippen LogP contribution in [-0.4, -0.2) is 48.0 Å². The van der Waals surface area contributed by atoms with Crippen molar-refractivity contribution < 1.29 is 18.3 Å². The van der Waals surface area contributed by atoms with Crippen molar-refractivity contribution in [3.05, 3.63) is 0 Å². The van der Waals surface area contributed by atoms with E-state index >= 15 is 0 Å². The Labute approximate surface area is 87.0 Å². The Bertz CT molecular complexity index is 200. The quantitative estimate of drug-likeness (QED) is 0.745. The molecule has 1 heterocycles. The van der Waals surface area contributed by atoms with Crippen LogP contribution in [-0.2, 0) is 0 Å². The molecule has 0 unspecified atom stereocenters. The number of alkyl halides is 3. The van der Waals surface area contributed by atoms with Crippen LogP contribution in [0.3, 0.4) is 0 Å². The second-order valence-corrected chi connectivity index (χ2v) is 4.01. The van der Waals surface area contributed by atoms with E-state index in [1.165, 1.54) is 0 Å². The molecule has 0 radical (unpaired) electrons. The van der Waals surface area contributed by atoms with Crippen LogP contribution in [0.1, 0.15) is 19.3 Å². The van der Waals surface area contributed by atoms with Crippen LogP contribution in [0.25, 0.3) is 0 Å². The minimum atomic E-state index is -4.51. The number of likely N-dealkylation sites (tertiary alicyclic amines) is 1. The van der Waals surface area contributed by atoms with Gasteiger partial charge in [0.05, 0.1) is 0 Å². The maximum absolute atomic E-state index is 12.4. The van der Waals surface area contributed by atoms with Crippen molar-refractivity contribution in [1.82, 2.24) is 4.90 Å². The maximum atomic E-state index is 12.4. The number of nitrogens with zero attached hydrogens (tertiary/aromatic N) is 1. The summed E-state index contributed by atoms with van der Waals surface area (Å²) in [6, 6.07) is 0. The number of hydrogen-bond acceptors (Lipinski definition) is 3. The summed E-state index contributed by atoms with van der Waals surface area (Å²) in [5, 5.41) is 9.37. The Morgan fingerprint density at radius 1 is 1.27 bits per heavy atom. The van der Waals surface area contributed by atoms with Crippen molar-refractivity contribution in [2.45, 2.75) is 31.0 Å². The highest BCUT2D eigenvalue weighted by Gasteiger charge is 2.54. The van der Waals surface area contributed by atoms with Crippen molar-refractivity contribution in [2.24, 2.45) is 5.73 Å². The SMILES string of the molecule is NCCCN1CCC(O)(C(F)(F)F)CC1. The molecule has 0 aromatic heterocycles. The van der Waals surface area contributed by atoms with E-state index in [1.807, 2.05) is 4.90 Å². The molecule has 0 aromatic rings. The Morgan fingerprint density at radius 2 is 1.80 bits per heavy atom. The lowest BCUT2D eigenvalue weighted by Crippen LogP contribution is -2.53. The first-order chi connectivity index (χ1) is 6.89. The van der Waals surface area contributed by atoms with Crippen LogP contribution in [0, 0.1) is 0 Å². The van der Waals surface area contributed by atoms with Gasteiger partial charge in [-0.1, -0.05) is 0 Å². The molecule has 15 heavy (non-hydrogen) atoms. The third-order valence-electron chi connectivity index (χ3n) is 2.89. The number of piperidine rings is 1. The van der Waals surface area contributed by atoms with E-state index < -0.39 is 11.8 Å². The number of rotatable bonds is 3. The fourth-order valence-corrected chi connectivity index (χ4v) is 1.74. The topological polar surface area (TPSA) is 49.5 Å². The summed E-state index contributed by atoms with van der Waals surface area (Å²) in [6.45, 7) is 1.83. The highest BCUT2D eigenvalue weighted by molar-refractivity contribution is 4.91. The van der Waals surface area contributed by atoms with E-state index in [0.717, 1.165) is 6.42 Å². The molecule has 90 valence electrons. The third kappa shape index (κ3) is 3.06. The Kier molecular flexibility index (Phi) is 3.97. The molecule has 1 fully saturated rings. The summed E-state index contributed by atoms with van der Waals surface area (Å²) in [6.07, 6.45) is -4.19. The van der Waals surface area contributed by atoms with E-state index in [-0.39, 0.29) is 25.9 Å². The van der Waals surface area contributed by atoms with E-state index in [2.05, 4.69) is 0 Å². The van der Waals surface area contributed by atoms with Gasteiger partial charge < -0.3 is 15.7 Å². The lowest BCUT2D eigenvalue weighted by atomic mass is 9.91. The summed E-state index contributed by atoms with van der Waals surface area (Å²) in [4.78, 5) is 1.91. The molecule has 0 spiro atoms. The van der Waals surface area contributed by atoms with Crippen LogP contribution in [0.4, 0.5) is 13.2 Å². The second kappa shape index (κ2) is 4.67. The maximum Gasteiger partial charge on any atom is 0.417 e. The van der Waals surface area contributed by atoms with Crippen molar-refractivity contribution in [1.29, 1.82) is 0 Å². The molecule has 1 rings (SSSR count). The zero-order valence-electron chi connectivity index (χ0n) is 8.56. The average molecular weight is 226 g/mol. The summed E-state index contributed by atoms with van der Waals surface area (Å²) in [7, 11) is 0. The van der Waals surface area contributed by atoms with Gasteiger partial charge in [-0.3, -0.25) is 0 Å². The van der Waals surface area contributed by atoms with Gasteiger partial charge in [-0.15, -0.1) is 0 Å². The minimum absolute atomic E-state index is 0.235. The Hall–Kier alpha value is -0.330. The van der Waals surface area contributed by atoms with Gasteiger partial charge in [0.1, 0.15) is 0 Å².